The lowest BCUT2D eigenvalue weighted by Gasteiger charge is -2.13. The number of hydrogen-bond donors (Lipinski definition) is 3. The number of hydrogen-bond acceptors (Lipinski definition) is 3. The van der Waals surface area contributed by atoms with Gasteiger partial charge in [0.1, 0.15) is 5.82 Å². The zero-order valence-electron chi connectivity index (χ0n) is 9.20. The summed E-state index contributed by atoms with van der Waals surface area (Å²) in [7, 11) is 0. The Kier molecular flexibility index (Phi) is 5.04. The fraction of sp³-hybridized carbons (Fsp3) is 0.364. The number of rotatable bonds is 5. The molecule has 0 saturated carbocycles. The van der Waals surface area contributed by atoms with E-state index in [2.05, 4.69) is 21.2 Å². The normalized spacial score (nSPS) is 12.5. The summed E-state index contributed by atoms with van der Waals surface area (Å²) in [5.41, 5.74) is 0.239. The van der Waals surface area contributed by atoms with Gasteiger partial charge >= 0.3 is 5.97 Å². The van der Waals surface area contributed by atoms with Crippen LogP contribution in [0, 0.1) is 5.82 Å². The van der Waals surface area contributed by atoms with Crippen LogP contribution in [-0.2, 0) is 6.54 Å². The number of carboxylic acids is 1. The van der Waals surface area contributed by atoms with Crippen LogP contribution in [0.25, 0.3) is 0 Å². The molecule has 0 fully saturated rings. The van der Waals surface area contributed by atoms with E-state index in [4.69, 9.17) is 10.2 Å². The predicted octanol–water partition coefficient (Wildman–Crippen LogP) is 1.76. The van der Waals surface area contributed by atoms with Crippen molar-refractivity contribution in [1.29, 1.82) is 0 Å². The van der Waals surface area contributed by atoms with E-state index in [9.17, 15) is 9.18 Å². The second-order valence-corrected chi connectivity index (χ2v) is 4.54. The van der Waals surface area contributed by atoms with Gasteiger partial charge in [-0.3, -0.25) is 0 Å². The summed E-state index contributed by atoms with van der Waals surface area (Å²) in [6.07, 6.45) is 0. The van der Waals surface area contributed by atoms with Crippen molar-refractivity contribution in [2.24, 2.45) is 0 Å². The minimum Gasteiger partial charge on any atom is -0.478 e. The highest BCUT2D eigenvalue weighted by molar-refractivity contribution is 9.10. The fourth-order valence-corrected chi connectivity index (χ4v) is 1.81. The van der Waals surface area contributed by atoms with Crippen molar-refractivity contribution in [3.8, 4) is 0 Å². The van der Waals surface area contributed by atoms with Gasteiger partial charge < -0.3 is 15.5 Å². The minimum atomic E-state index is -1.17. The first-order valence-corrected chi connectivity index (χ1v) is 5.80. The van der Waals surface area contributed by atoms with E-state index < -0.39 is 11.8 Å². The van der Waals surface area contributed by atoms with Crippen LogP contribution in [0.5, 0.6) is 0 Å². The van der Waals surface area contributed by atoms with Gasteiger partial charge in [-0.2, -0.15) is 0 Å². The van der Waals surface area contributed by atoms with Crippen molar-refractivity contribution in [2.75, 3.05) is 6.61 Å². The molecule has 0 radical (unpaired) electrons. The molecule has 17 heavy (non-hydrogen) atoms. The molecule has 0 bridgehead atoms. The van der Waals surface area contributed by atoms with Gasteiger partial charge in [0.2, 0.25) is 0 Å². The van der Waals surface area contributed by atoms with Crippen molar-refractivity contribution < 1.29 is 19.4 Å². The maximum Gasteiger partial charge on any atom is 0.335 e. The number of carbonyl (C=O) groups is 1. The van der Waals surface area contributed by atoms with Crippen molar-refractivity contribution >= 4 is 21.9 Å². The van der Waals surface area contributed by atoms with Crippen LogP contribution >= 0.6 is 15.9 Å². The summed E-state index contributed by atoms with van der Waals surface area (Å²) in [5.74, 6) is -1.76. The molecular weight excluding hydrogens is 293 g/mol. The number of halogens is 2. The topological polar surface area (TPSA) is 69.6 Å². The SMILES string of the molecule is C[C@@H](CO)NCc1c(F)cc(C(=O)O)cc1Br. The van der Waals surface area contributed by atoms with E-state index >= 15 is 0 Å². The fourth-order valence-electron chi connectivity index (χ4n) is 1.24. The highest BCUT2D eigenvalue weighted by atomic mass is 79.9. The van der Waals surface area contributed by atoms with Gasteiger partial charge in [-0.15, -0.1) is 0 Å². The number of aliphatic hydroxyl groups is 1. The van der Waals surface area contributed by atoms with Gasteiger partial charge in [-0.1, -0.05) is 15.9 Å². The molecule has 0 unspecified atom stereocenters. The monoisotopic (exact) mass is 305 g/mol. The summed E-state index contributed by atoms with van der Waals surface area (Å²) in [4.78, 5) is 10.7. The molecule has 0 amide bonds. The quantitative estimate of drug-likeness (QED) is 0.775. The van der Waals surface area contributed by atoms with Gasteiger partial charge in [0.05, 0.1) is 12.2 Å². The number of carboxylic acid groups (broad SMARTS) is 1. The van der Waals surface area contributed by atoms with E-state index in [0.717, 1.165) is 6.07 Å². The van der Waals surface area contributed by atoms with E-state index in [1.165, 1.54) is 6.07 Å². The lowest BCUT2D eigenvalue weighted by atomic mass is 10.1. The Bertz CT molecular complexity index is 402. The third-order valence-corrected chi connectivity index (χ3v) is 3.00. The second-order valence-electron chi connectivity index (χ2n) is 3.69. The molecule has 4 nitrogen and oxygen atoms in total. The molecule has 0 heterocycles. The van der Waals surface area contributed by atoms with Crippen LogP contribution in [0.4, 0.5) is 4.39 Å². The lowest BCUT2D eigenvalue weighted by molar-refractivity contribution is 0.0696. The van der Waals surface area contributed by atoms with Crippen LogP contribution < -0.4 is 5.32 Å². The Labute approximate surface area is 107 Å². The van der Waals surface area contributed by atoms with Crippen molar-refractivity contribution in [2.45, 2.75) is 19.5 Å². The Morgan fingerprint density at radius 3 is 2.71 bits per heavy atom. The third-order valence-electron chi connectivity index (χ3n) is 2.29. The van der Waals surface area contributed by atoms with Crippen molar-refractivity contribution in [3.63, 3.8) is 0 Å². The molecule has 1 aromatic rings. The zero-order chi connectivity index (χ0) is 13.0. The summed E-state index contributed by atoms with van der Waals surface area (Å²) < 4.78 is 14.0. The summed E-state index contributed by atoms with van der Waals surface area (Å²) >= 11 is 3.13. The Balaban J connectivity index is 2.90. The molecular formula is C11H13BrFNO3. The summed E-state index contributed by atoms with van der Waals surface area (Å²) in [5, 5.41) is 20.5. The van der Waals surface area contributed by atoms with Crippen LogP contribution in [0.15, 0.2) is 16.6 Å². The molecule has 3 N–H and O–H groups in total. The molecule has 1 atom stereocenters. The van der Waals surface area contributed by atoms with Gasteiger partial charge in [0.15, 0.2) is 0 Å². The summed E-state index contributed by atoms with van der Waals surface area (Å²) in [6, 6.07) is 2.18. The second kappa shape index (κ2) is 6.09. The minimum absolute atomic E-state index is 0.0492. The van der Waals surface area contributed by atoms with Crippen LogP contribution in [0.2, 0.25) is 0 Å². The first-order valence-electron chi connectivity index (χ1n) is 5.01. The van der Waals surface area contributed by atoms with Gasteiger partial charge in [-0.25, -0.2) is 9.18 Å². The first kappa shape index (κ1) is 14.1. The van der Waals surface area contributed by atoms with E-state index in [-0.39, 0.29) is 24.8 Å². The molecule has 1 rings (SSSR count). The lowest BCUT2D eigenvalue weighted by Crippen LogP contribution is -2.29. The number of aromatic carboxylic acids is 1. The largest absolute Gasteiger partial charge is 0.478 e. The van der Waals surface area contributed by atoms with Crippen LogP contribution in [0.1, 0.15) is 22.8 Å². The van der Waals surface area contributed by atoms with Gasteiger partial charge in [0.25, 0.3) is 0 Å². The number of nitrogens with one attached hydrogen (secondary N) is 1. The van der Waals surface area contributed by atoms with Crippen molar-refractivity contribution in [1.82, 2.24) is 5.32 Å². The van der Waals surface area contributed by atoms with Gasteiger partial charge in [-0.05, 0) is 19.1 Å². The Morgan fingerprint density at radius 1 is 1.59 bits per heavy atom. The smallest absolute Gasteiger partial charge is 0.335 e. The molecule has 0 aliphatic rings. The van der Waals surface area contributed by atoms with E-state index in [0.29, 0.717) is 10.0 Å². The molecule has 0 saturated heterocycles. The first-order chi connectivity index (χ1) is 7.95. The van der Waals surface area contributed by atoms with Crippen LogP contribution in [0.3, 0.4) is 0 Å². The van der Waals surface area contributed by atoms with Crippen LogP contribution in [-0.4, -0.2) is 28.8 Å². The summed E-state index contributed by atoms with van der Waals surface area (Å²) in [6.45, 7) is 1.93. The molecule has 6 heteroatoms. The molecule has 0 aliphatic carbocycles. The average Bonchev–Trinajstić information content (AvgIpc) is 2.27. The highest BCUT2D eigenvalue weighted by Crippen LogP contribution is 2.22. The predicted molar refractivity (Wildman–Crippen MR) is 64.4 cm³/mol. The van der Waals surface area contributed by atoms with E-state index in [1.54, 1.807) is 6.92 Å². The molecule has 0 spiro atoms. The van der Waals surface area contributed by atoms with E-state index in [1.807, 2.05) is 0 Å². The zero-order valence-corrected chi connectivity index (χ0v) is 10.8. The molecule has 0 aliphatic heterocycles. The molecule has 1 aromatic carbocycles. The molecule has 94 valence electrons. The molecule has 0 aromatic heterocycles. The van der Waals surface area contributed by atoms with Gasteiger partial charge in [0, 0.05) is 22.6 Å². The highest BCUT2D eigenvalue weighted by Gasteiger charge is 2.13. The maximum atomic E-state index is 13.6. The Hall–Kier alpha value is -0.980. The average molecular weight is 306 g/mol. The third kappa shape index (κ3) is 3.76. The Morgan fingerprint density at radius 2 is 2.24 bits per heavy atom. The number of aliphatic hydroxyl groups excluding tert-OH is 1. The van der Waals surface area contributed by atoms with Crippen molar-refractivity contribution in [3.05, 3.63) is 33.5 Å². The number of benzene rings is 1. The standard InChI is InChI=1S/C11H13BrFNO3/c1-6(5-15)14-4-8-9(12)2-7(11(16)17)3-10(8)13/h2-3,6,14-15H,4-5H2,1H3,(H,16,17)/t6-/m0/s1. The maximum absolute atomic E-state index is 13.6.